The van der Waals surface area contributed by atoms with Gasteiger partial charge in [-0.2, -0.15) is 0 Å². The first-order valence-corrected chi connectivity index (χ1v) is 1.22. The molecule has 0 aliphatic heterocycles. The summed E-state index contributed by atoms with van der Waals surface area (Å²) < 4.78 is 16.8. The topological polar surface area (TPSA) is 91.1 Å². The van der Waals surface area contributed by atoms with Gasteiger partial charge in [0.25, 0.3) is 0 Å². The van der Waals surface area contributed by atoms with Crippen molar-refractivity contribution in [3.63, 3.8) is 0 Å². The predicted octanol–water partition coefficient (Wildman–Crippen LogP) is -1.24. The van der Waals surface area contributed by atoms with E-state index in [-0.39, 0.29) is 90.7 Å². The molecular weight excluding hydrogens is 407 g/mol. The maximum atomic E-state index is 8.40. The van der Waals surface area contributed by atoms with Crippen LogP contribution in [0.3, 0.4) is 0 Å². The zero-order valence-corrected chi connectivity index (χ0v) is 11.2. The van der Waals surface area contributed by atoms with Crippen LogP contribution in [0.1, 0.15) is 0 Å². The van der Waals surface area contributed by atoms with Gasteiger partial charge in [0.1, 0.15) is 0 Å². The van der Waals surface area contributed by atoms with Crippen molar-refractivity contribution >= 4 is 32.3 Å². The second kappa shape index (κ2) is 58.3. The summed E-state index contributed by atoms with van der Waals surface area (Å²) in [6.45, 7) is 0. The number of rotatable bonds is 0. The molecule has 0 aliphatic carbocycles. The molecular formula is CoMgO4SiTh+4. The van der Waals surface area contributed by atoms with Gasteiger partial charge in [0, 0.05) is 0 Å². The molecule has 0 saturated heterocycles. The maximum Gasteiger partial charge on any atom is 4.00 e. The van der Waals surface area contributed by atoms with Gasteiger partial charge in [-0.05, 0) is 0 Å². The zero-order valence-electron chi connectivity index (χ0n) is 3.67. The third-order valence-electron chi connectivity index (χ3n) is 0. The van der Waals surface area contributed by atoms with Crippen molar-refractivity contribution in [3.05, 3.63) is 0 Å². The van der Waals surface area contributed by atoms with Crippen LogP contribution in [0.4, 0.5) is 0 Å². The molecule has 0 atom stereocenters. The van der Waals surface area contributed by atoms with Crippen LogP contribution < -0.4 is 0 Å². The first-order valence-electron chi connectivity index (χ1n) is 0.408. The fourth-order valence-corrected chi connectivity index (χ4v) is 0. The Bertz CT molecular complexity index is 37.0. The van der Waals surface area contributed by atoms with Gasteiger partial charge >= 0.3 is 89.1 Å². The first kappa shape index (κ1) is 47.9. The predicted molar refractivity (Wildman–Crippen MR) is 14.3 cm³/mol. The van der Waals surface area contributed by atoms with Crippen LogP contribution in [0, 0.1) is 39.9 Å². The summed E-state index contributed by atoms with van der Waals surface area (Å²) in [5, 5.41) is 0. The molecule has 39 valence electrons. The van der Waals surface area contributed by atoms with Gasteiger partial charge in [-0.3, -0.25) is 8.92 Å². The molecule has 0 heterocycles. The first-order chi connectivity index (χ1) is 1.41. The smallest absolute Gasteiger partial charge is 2.00 e. The van der Waals surface area contributed by atoms with Crippen LogP contribution in [0.2, 0.25) is 0 Å². The number of hydrogen-bond donors (Lipinski definition) is 0. The molecule has 0 aliphatic rings. The molecule has 0 bridgehead atoms. The van der Waals surface area contributed by atoms with Crippen molar-refractivity contribution in [2.24, 2.45) is 0 Å². The van der Waals surface area contributed by atoms with E-state index in [9.17, 15) is 0 Å². The van der Waals surface area contributed by atoms with Crippen LogP contribution in [0.15, 0.2) is 0 Å². The summed E-state index contributed by atoms with van der Waals surface area (Å²) in [7, 11) is -1.42. The second-order valence-corrected chi connectivity index (χ2v) is 0.250. The van der Waals surface area contributed by atoms with Gasteiger partial charge in [0.2, 0.25) is 0 Å². The maximum absolute atomic E-state index is 8.40. The van der Waals surface area contributed by atoms with Crippen LogP contribution >= 0.6 is 0 Å². The fraction of sp³-hybridized carbons (Fsp3) is 0. The molecule has 1 radical (unpaired) electrons. The average Bonchev–Trinajstić information content (AvgIpc) is 0.918. The third-order valence-corrected chi connectivity index (χ3v) is 0. The van der Waals surface area contributed by atoms with Gasteiger partial charge in [-0.15, -0.1) is 0 Å². The van der Waals surface area contributed by atoms with E-state index in [0.717, 1.165) is 0 Å². The Balaban J connectivity index is -0.00000000200. The molecule has 0 aromatic carbocycles. The Labute approximate surface area is 107 Å². The summed E-state index contributed by atoms with van der Waals surface area (Å²) in [6.07, 6.45) is 0. The molecule has 8 heavy (non-hydrogen) atoms. The summed E-state index contributed by atoms with van der Waals surface area (Å²) in [5.41, 5.74) is 0. The minimum Gasteiger partial charge on any atom is -2.00 e. The van der Waals surface area contributed by atoms with Crippen molar-refractivity contribution in [2.75, 3.05) is 0 Å². The second-order valence-electron chi connectivity index (χ2n) is 0.0833. The average molecular weight is 407 g/mol. The molecule has 0 amide bonds. The van der Waals surface area contributed by atoms with E-state index in [4.69, 9.17) is 8.92 Å². The summed E-state index contributed by atoms with van der Waals surface area (Å²) in [4.78, 5) is 0. The summed E-state index contributed by atoms with van der Waals surface area (Å²) >= 11 is 0. The van der Waals surface area contributed by atoms with Crippen molar-refractivity contribution in [1.29, 1.82) is 0 Å². The van der Waals surface area contributed by atoms with Gasteiger partial charge < -0.3 is 11.0 Å². The summed E-state index contributed by atoms with van der Waals surface area (Å²) in [6, 6.07) is 0. The van der Waals surface area contributed by atoms with Crippen molar-refractivity contribution in [3.8, 4) is 0 Å². The molecule has 4 nitrogen and oxygen atoms in total. The molecule has 0 aromatic rings. The van der Waals surface area contributed by atoms with Crippen molar-refractivity contribution in [2.45, 2.75) is 0 Å². The van der Waals surface area contributed by atoms with Gasteiger partial charge in [-0.25, -0.2) is 0 Å². The van der Waals surface area contributed by atoms with Gasteiger partial charge in [0.05, 0.1) is 0 Å². The van der Waals surface area contributed by atoms with Crippen LogP contribution in [0.25, 0.3) is 0 Å². The van der Waals surface area contributed by atoms with Crippen LogP contribution in [-0.4, -0.2) is 32.3 Å². The normalized spacial score (nSPS) is 1.00. The molecule has 0 spiro atoms. The van der Waals surface area contributed by atoms with Crippen molar-refractivity contribution in [1.82, 2.24) is 0 Å². The summed E-state index contributed by atoms with van der Waals surface area (Å²) in [5.74, 6) is 0. The number of hydrogen-bond acceptors (Lipinski definition) is 2. The Hall–Kier alpha value is 2.33. The molecule has 0 unspecified atom stereocenters. The van der Waals surface area contributed by atoms with E-state index in [1.807, 2.05) is 0 Å². The van der Waals surface area contributed by atoms with E-state index < -0.39 is 9.29 Å². The minimum absolute atomic E-state index is 0. The van der Waals surface area contributed by atoms with Crippen LogP contribution in [0.5, 0.6) is 0 Å². The largest absolute Gasteiger partial charge is 4.00 e. The zero-order chi connectivity index (χ0) is 2.71. The molecule has 0 aromatic heterocycles. The van der Waals surface area contributed by atoms with Gasteiger partial charge in [-0.1, -0.05) is 0 Å². The van der Waals surface area contributed by atoms with E-state index >= 15 is 0 Å². The Morgan fingerprint density at radius 3 is 1.00 bits per heavy atom. The van der Waals surface area contributed by atoms with E-state index in [2.05, 4.69) is 0 Å². The molecule has 0 N–H and O–H groups in total. The van der Waals surface area contributed by atoms with Gasteiger partial charge in [0.15, 0.2) is 0 Å². The Morgan fingerprint density at radius 2 is 1.00 bits per heavy atom. The molecule has 0 saturated carbocycles. The third kappa shape index (κ3) is 82.3. The monoisotopic (exact) mass is 407 g/mol. The quantitative estimate of drug-likeness (QED) is 0.470. The van der Waals surface area contributed by atoms with E-state index in [1.54, 1.807) is 0 Å². The molecule has 0 rings (SSSR count). The van der Waals surface area contributed by atoms with Crippen LogP contribution in [-0.2, 0) is 36.7 Å². The molecule has 8 heteroatoms. The SMILES string of the molecule is O=[Si]=O.[Co+2].[Mg+2].[O-2].[O-2].[Th+4]. The minimum atomic E-state index is -1.42. The Kier molecular flexibility index (Phi) is 349. The fourth-order valence-electron chi connectivity index (χ4n) is 0. The molecule has 0 fully saturated rings. The standard InChI is InChI=1S/Co.Mg.O2Si.2O.Th/c;;1-3-2;;;/q2*+2;;2*-2;+4. The van der Waals surface area contributed by atoms with Crippen molar-refractivity contribution < 1.29 is 76.6 Å². The van der Waals surface area contributed by atoms with E-state index in [1.165, 1.54) is 0 Å². The van der Waals surface area contributed by atoms with E-state index in [0.29, 0.717) is 0 Å². The Morgan fingerprint density at radius 1 is 1.00 bits per heavy atom.